The quantitative estimate of drug-likeness (QED) is 0.0587. The first-order valence-corrected chi connectivity index (χ1v) is 17.4. The third-order valence-corrected chi connectivity index (χ3v) is 8.44. The molecule has 0 aliphatic rings. The van der Waals surface area contributed by atoms with E-state index in [1.54, 1.807) is 6.08 Å². The third-order valence-electron chi connectivity index (χ3n) is 8.44. The molecule has 0 N–H and O–H groups in total. The third kappa shape index (κ3) is 15.4. The van der Waals surface area contributed by atoms with Crippen molar-refractivity contribution in [2.24, 2.45) is 0 Å². The van der Waals surface area contributed by atoms with E-state index in [4.69, 9.17) is 4.74 Å². The highest BCUT2D eigenvalue weighted by atomic mass is 16.5. The second-order valence-electron chi connectivity index (χ2n) is 12.4. The average Bonchev–Trinajstić information content (AvgIpc) is 3.05. The number of rotatable bonds is 24. The van der Waals surface area contributed by atoms with Crippen LogP contribution in [0, 0.1) is 0 Å². The standard InChI is InChI=1S/C42H56O2/c1-36(2)39-30-32-41(33-31-39)44-35-21-16-14-12-10-8-6-4-3-5-7-9-11-13-15-18-22-37-25-27-38(28-26-37)29-34-42(43)40-23-19-17-20-24-40/h17,19-20,23-34H,1,3-16,18,21-22,35H2,2H3. The first-order chi connectivity index (χ1) is 21.6. The maximum Gasteiger partial charge on any atom is 0.185 e. The molecule has 0 aliphatic carbocycles. The van der Waals surface area contributed by atoms with Gasteiger partial charge in [0.2, 0.25) is 0 Å². The van der Waals surface area contributed by atoms with Gasteiger partial charge in [0.15, 0.2) is 5.78 Å². The van der Waals surface area contributed by atoms with Crippen molar-refractivity contribution in [3.63, 3.8) is 0 Å². The Labute approximate surface area is 268 Å². The molecule has 3 rings (SSSR count). The van der Waals surface area contributed by atoms with Gasteiger partial charge in [0, 0.05) is 5.56 Å². The molecule has 0 aliphatic heterocycles. The highest BCUT2D eigenvalue weighted by molar-refractivity contribution is 6.06. The van der Waals surface area contributed by atoms with Crippen molar-refractivity contribution >= 4 is 17.4 Å². The van der Waals surface area contributed by atoms with Crippen molar-refractivity contribution in [1.29, 1.82) is 0 Å². The van der Waals surface area contributed by atoms with E-state index in [0.29, 0.717) is 0 Å². The molecule has 0 atom stereocenters. The Bertz CT molecular complexity index is 1200. The summed E-state index contributed by atoms with van der Waals surface area (Å²) in [6.07, 6.45) is 26.4. The molecular weight excluding hydrogens is 536 g/mol. The number of aryl methyl sites for hydroxylation is 1. The van der Waals surface area contributed by atoms with Gasteiger partial charge in [0.05, 0.1) is 6.61 Å². The molecule has 0 fully saturated rings. The molecule has 0 aromatic heterocycles. The Hall–Kier alpha value is -3.39. The lowest BCUT2D eigenvalue weighted by atomic mass is 10.0. The van der Waals surface area contributed by atoms with Crippen LogP contribution in [0.2, 0.25) is 0 Å². The topological polar surface area (TPSA) is 26.3 Å². The summed E-state index contributed by atoms with van der Waals surface area (Å²) in [6, 6.07) is 26.3. The minimum atomic E-state index is 0.0484. The Kier molecular flexibility index (Phi) is 17.7. The summed E-state index contributed by atoms with van der Waals surface area (Å²) in [5, 5.41) is 0. The number of unbranched alkanes of at least 4 members (excludes halogenated alkanes) is 15. The van der Waals surface area contributed by atoms with Gasteiger partial charge < -0.3 is 4.74 Å². The number of allylic oxidation sites excluding steroid dienone is 2. The van der Waals surface area contributed by atoms with Crippen LogP contribution in [0.5, 0.6) is 5.75 Å². The lowest BCUT2D eigenvalue weighted by Gasteiger charge is -2.07. The second kappa shape index (κ2) is 22.2. The number of carbonyl (C=O) groups excluding carboxylic acids is 1. The monoisotopic (exact) mass is 592 g/mol. The molecule has 0 amide bonds. The van der Waals surface area contributed by atoms with Crippen molar-refractivity contribution in [2.45, 2.75) is 116 Å². The molecular formula is C42H56O2. The van der Waals surface area contributed by atoms with E-state index >= 15 is 0 Å². The molecule has 3 aromatic rings. The number of ether oxygens (including phenoxy) is 1. The minimum Gasteiger partial charge on any atom is -0.494 e. The van der Waals surface area contributed by atoms with Crippen LogP contribution < -0.4 is 4.74 Å². The van der Waals surface area contributed by atoms with Gasteiger partial charge in [-0.2, -0.15) is 0 Å². The lowest BCUT2D eigenvalue weighted by molar-refractivity contribution is 0.104. The summed E-state index contributed by atoms with van der Waals surface area (Å²) in [6.45, 7) is 6.83. The van der Waals surface area contributed by atoms with Crippen LogP contribution in [0.15, 0.2) is 91.5 Å². The largest absolute Gasteiger partial charge is 0.494 e. The van der Waals surface area contributed by atoms with Crippen molar-refractivity contribution < 1.29 is 9.53 Å². The van der Waals surface area contributed by atoms with Crippen LogP contribution in [0.25, 0.3) is 11.6 Å². The fourth-order valence-corrected chi connectivity index (χ4v) is 5.60. The maximum atomic E-state index is 12.2. The molecule has 44 heavy (non-hydrogen) atoms. The van der Waals surface area contributed by atoms with Crippen LogP contribution in [0.3, 0.4) is 0 Å². The average molecular weight is 593 g/mol. The second-order valence-corrected chi connectivity index (χ2v) is 12.4. The number of carbonyl (C=O) groups is 1. The van der Waals surface area contributed by atoms with Gasteiger partial charge in [0.1, 0.15) is 5.75 Å². The smallest absolute Gasteiger partial charge is 0.185 e. The SMILES string of the molecule is C=C(C)c1ccc(OCCCCCCCCCCCCCCCCCCc2ccc(C=CC(=O)c3ccccc3)cc2)cc1. The first kappa shape index (κ1) is 35.1. The summed E-state index contributed by atoms with van der Waals surface area (Å²) in [4.78, 5) is 12.2. The molecule has 2 nitrogen and oxygen atoms in total. The number of hydrogen-bond acceptors (Lipinski definition) is 2. The Morgan fingerprint density at radius 3 is 1.61 bits per heavy atom. The number of hydrogen-bond donors (Lipinski definition) is 0. The molecule has 0 spiro atoms. The summed E-state index contributed by atoms with van der Waals surface area (Å²) in [7, 11) is 0. The summed E-state index contributed by atoms with van der Waals surface area (Å²) < 4.78 is 5.87. The van der Waals surface area contributed by atoms with E-state index in [1.807, 2.05) is 55.5 Å². The zero-order chi connectivity index (χ0) is 31.1. The van der Waals surface area contributed by atoms with E-state index in [-0.39, 0.29) is 5.78 Å². The van der Waals surface area contributed by atoms with Gasteiger partial charge >= 0.3 is 0 Å². The zero-order valence-corrected chi connectivity index (χ0v) is 27.4. The molecule has 2 heteroatoms. The van der Waals surface area contributed by atoms with Crippen molar-refractivity contribution in [3.8, 4) is 5.75 Å². The van der Waals surface area contributed by atoms with Gasteiger partial charge in [0.25, 0.3) is 0 Å². The molecule has 3 aromatic carbocycles. The van der Waals surface area contributed by atoms with Gasteiger partial charge in [-0.15, -0.1) is 0 Å². The Morgan fingerprint density at radius 2 is 1.09 bits per heavy atom. The number of benzene rings is 3. The maximum absolute atomic E-state index is 12.2. The van der Waals surface area contributed by atoms with Crippen LogP contribution in [-0.4, -0.2) is 12.4 Å². The molecule has 0 unspecified atom stereocenters. The van der Waals surface area contributed by atoms with E-state index in [9.17, 15) is 4.79 Å². The normalized spacial score (nSPS) is 11.2. The Balaban J connectivity index is 1.05. The van der Waals surface area contributed by atoms with Gasteiger partial charge in [-0.05, 0) is 61.1 Å². The predicted octanol–water partition coefficient (Wildman–Crippen LogP) is 12.5. The molecule has 236 valence electrons. The van der Waals surface area contributed by atoms with Crippen LogP contribution in [0.1, 0.15) is 137 Å². The minimum absolute atomic E-state index is 0.0484. The summed E-state index contributed by atoms with van der Waals surface area (Å²) in [5.41, 5.74) is 5.47. The Morgan fingerprint density at radius 1 is 0.591 bits per heavy atom. The predicted molar refractivity (Wildman–Crippen MR) is 190 cm³/mol. The summed E-state index contributed by atoms with van der Waals surface area (Å²) in [5.74, 6) is 1.02. The molecule has 0 saturated heterocycles. The molecule has 0 saturated carbocycles. The van der Waals surface area contributed by atoms with E-state index in [1.165, 1.54) is 107 Å². The first-order valence-electron chi connectivity index (χ1n) is 17.4. The van der Waals surface area contributed by atoms with E-state index in [2.05, 4.69) is 43.0 Å². The zero-order valence-electron chi connectivity index (χ0n) is 27.4. The highest BCUT2D eigenvalue weighted by Gasteiger charge is 2.01. The van der Waals surface area contributed by atoms with Gasteiger partial charge in [-0.3, -0.25) is 4.79 Å². The van der Waals surface area contributed by atoms with E-state index in [0.717, 1.165) is 41.9 Å². The van der Waals surface area contributed by atoms with E-state index < -0.39 is 0 Å². The van der Waals surface area contributed by atoms with Crippen molar-refractivity contribution in [2.75, 3.05) is 6.61 Å². The molecule has 0 heterocycles. The fraction of sp³-hybridized carbons (Fsp3) is 0.452. The van der Waals surface area contributed by atoms with Gasteiger partial charge in [-0.25, -0.2) is 0 Å². The lowest BCUT2D eigenvalue weighted by Crippen LogP contribution is -1.97. The highest BCUT2D eigenvalue weighted by Crippen LogP contribution is 2.18. The summed E-state index contributed by atoms with van der Waals surface area (Å²) >= 11 is 0. The van der Waals surface area contributed by atoms with Crippen molar-refractivity contribution in [3.05, 3.63) is 114 Å². The van der Waals surface area contributed by atoms with Gasteiger partial charge in [-0.1, -0.05) is 175 Å². The molecule has 0 radical (unpaired) electrons. The van der Waals surface area contributed by atoms with Crippen LogP contribution in [0.4, 0.5) is 0 Å². The molecule has 0 bridgehead atoms. The fourth-order valence-electron chi connectivity index (χ4n) is 5.60. The van der Waals surface area contributed by atoms with Crippen LogP contribution in [-0.2, 0) is 6.42 Å². The number of ketones is 1. The van der Waals surface area contributed by atoms with Crippen LogP contribution >= 0.6 is 0 Å². The van der Waals surface area contributed by atoms with Crippen molar-refractivity contribution in [1.82, 2.24) is 0 Å².